The number of fused-ring (bicyclic) bond motifs is 1. The van der Waals surface area contributed by atoms with Crippen LogP contribution in [-0.2, 0) is 10.0 Å². The van der Waals surface area contributed by atoms with Crippen LogP contribution in [0.2, 0.25) is 0 Å². The van der Waals surface area contributed by atoms with Crippen molar-refractivity contribution in [2.75, 3.05) is 10.0 Å². The van der Waals surface area contributed by atoms with Crippen LogP contribution in [0.3, 0.4) is 0 Å². The van der Waals surface area contributed by atoms with Crippen molar-refractivity contribution in [3.8, 4) is 0 Å². The molecule has 0 aliphatic rings. The number of benzene rings is 3. The molecule has 0 aliphatic carbocycles. The molecule has 31 heavy (non-hydrogen) atoms. The Labute approximate surface area is 180 Å². The van der Waals surface area contributed by atoms with E-state index >= 15 is 0 Å². The Morgan fingerprint density at radius 3 is 1.97 bits per heavy atom. The Hall–Kier alpha value is -3.52. The summed E-state index contributed by atoms with van der Waals surface area (Å²) in [5.41, 5.74) is 3.09. The van der Waals surface area contributed by atoms with Gasteiger partial charge in [0.15, 0.2) is 11.6 Å². The molecule has 0 radical (unpaired) electrons. The van der Waals surface area contributed by atoms with Crippen LogP contribution in [-0.4, -0.2) is 18.4 Å². The van der Waals surface area contributed by atoms with Gasteiger partial charge in [0.25, 0.3) is 10.0 Å². The van der Waals surface area contributed by atoms with Crippen molar-refractivity contribution in [2.45, 2.75) is 24.7 Å². The fourth-order valence-corrected chi connectivity index (χ4v) is 4.06. The lowest BCUT2D eigenvalue weighted by Crippen LogP contribution is -2.16. The third-order valence-corrected chi connectivity index (χ3v) is 6.12. The molecule has 0 fully saturated rings. The molecule has 0 atom stereocenters. The van der Waals surface area contributed by atoms with E-state index in [-0.39, 0.29) is 16.5 Å². The number of aromatic nitrogens is 2. The van der Waals surface area contributed by atoms with Crippen molar-refractivity contribution in [1.82, 2.24) is 9.97 Å². The number of halogens is 1. The summed E-state index contributed by atoms with van der Waals surface area (Å²) in [5, 5.41) is 3.15. The Kier molecular flexibility index (Phi) is 5.56. The molecule has 158 valence electrons. The van der Waals surface area contributed by atoms with Gasteiger partial charge in [-0.1, -0.05) is 38.1 Å². The van der Waals surface area contributed by atoms with Crippen molar-refractivity contribution in [2.24, 2.45) is 0 Å². The maximum Gasteiger partial charge on any atom is 0.263 e. The first-order valence-electron chi connectivity index (χ1n) is 9.74. The molecule has 0 spiro atoms. The van der Waals surface area contributed by atoms with Gasteiger partial charge in [-0.25, -0.2) is 22.8 Å². The van der Waals surface area contributed by atoms with Gasteiger partial charge < -0.3 is 5.32 Å². The highest BCUT2D eigenvalue weighted by atomic mass is 32.2. The molecular formula is C23H21FN4O2S. The van der Waals surface area contributed by atoms with Crippen LogP contribution in [0.15, 0.2) is 77.7 Å². The largest absolute Gasteiger partial charge is 0.337 e. The molecular weight excluding hydrogens is 415 g/mol. The highest BCUT2D eigenvalue weighted by Gasteiger charge is 2.19. The van der Waals surface area contributed by atoms with Crippen molar-refractivity contribution in [3.05, 3.63) is 84.2 Å². The highest BCUT2D eigenvalue weighted by Crippen LogP contribution is 2.28. The van der Waals surface area contributed by atoms with Gasteiger partial charge in [-0.2, -0.15) is 0 Å². The number of hydrogen-bond acceptors (Lipinski definition) is 5. The first-order valence-corrected chi connectivity index (χ1v) is 11.2. The van der Waals surface area contributed by atoms with Crippen LogP contribution in [0.1, 0.15) is 25.3 Å². The minimum atomic E-state index is -3.99. The summed E-state index contributed by atoms with van der Waals surface area (Å²) in [4.78, 5) is 8.94. The zero-order valence-electron chi connectivity index (χ0n) is 17.0. The Bertz CT molecular complexity index is 1320. The predicted octanol–water partition coefficient (Wildman–Crippen LogP) is 5.44. The molecule has 0 saturated heterocycles. The molecule has 0 amide bonds. The second-order valence-electron chi connectivity index (χ2n) is 7.37. The SMILES string of the molecule is CC(C)c1ccc(Nc2nc3ccccc3nc2NS(=O)(=O)c2ccc(F)cc2)cc1. The van der Waals surface area contributed by atoms with Crippen molar-refractivity contribution in [1.29, 1.82) is 0 Å². The van der Waals surface area contributed by atoms with Gasteiger partial charge in [-0.3, -0.25) is 4.72 Å². The molecule has 6 nitrogen and oxygen atoms in total. The zero-order chi connectivity index (χ0) is 22.0. The Morgan fingerprint density at radius 1 is 0.806 bits per heavy atom. The molecule has 3 aromatic carbocycles. The smallest absolute Gasteiger partial charge is 0.263 e. The van der Waals surface area contributed by atoms with Crippen LogP contribution in [0.5, 0.6) is 0 Å². The summed E-state index contributed by atoms with van der Waals surface area (Å²) in [7, 11) is -3.99. The topological polar surface area (TPSA) is 84.0 Å². The summed E-state index contributed by atoms with van der Waals surface area (Å²) in [5.74, 6) is 0.196. The zero-order valence-corrected chi connectivity index (χ0v) is 17.8. The molecule has 0 aliphatic heterocycles. The summed E-state index contributed by atoms with van der Waals surface area (Å²) in [6, 6.07) is 19.6. The molecule has 2 N–H and O–H groups in total. The average Bonchev–Trinajstić information content (AvgIpc) is 2.74. The summed E-state index contributed by atoms with van der Waals surface area (Å²) in [6.07, 6.45) is 0. The van der Waals surface area contributed by atoms with E-state index in [1.807, 2.05) is 30.3 Å². The standard InChI is InChI=1S/C23H21FN4O2S/c1-15(2)16-7-11-18(12-8-16)25-22-23(27-21-6-4-3-5-20(21)26-22)28-31(29,30)19-13-9-17(24)10-14-19/h3-15H,1-2H3,(H,25,26)(H,27,28). The van der Waals surface area contributed by atoms with Crippen LogP contribution in [0.25, 0.3) is 11.0 Å². The lowest BCUT2D eigenvalue weighted by Gasteiger charge is -2.14. The van der Waals surface area contributed by atoms with Crippen LogP contribution < -0.4 is 10.0 Å². The van der Waals surface area contributed by atoms with Gasteiger partial charge in [0.1, 0.15) is 5.82 Å². The van der Waals surface area contributed by atoms with E-state index in [4.69, 9.17) is 0 Å². The number of para-hydroxylation sites is 2. The molecule has 4 rings (SSSR count). The first kappa shape index (κ1) is 20.7. The number of nitrogens with one attached hydrogen (secondary N) is 2. The van der Waals surface area contributed by atoms with Gasteiger partial charge in [-0.15, -0.1) is 0 Å². The van der Waals surface area contributed by atoms with Gasteiger partial charge in [0, 0.05) is 5.69 Å². The Morgan fingerprint density at radius 2 is 1.39 bits per heavy atom. The normalized spacial score (nSPS) is 11.6. The maximum absolute atomic E-state index is 13.2. The summed E-state index contributed by atoms with van der Waals surface area (Å²) in [6.45, 7) is 4.22. The first-order chi connectivity index (χ1) is 14.8. The van der Waals surface area contributed by atoms with E-state index < -0.39 is 15.8 Å². The highest BCUT2D eigenvalue weighted by molar-refractivity contribution is 7.92. The van der Waals surface area contributed by atoms with E-state index in [9.17, 15) is 12.8 Å². The summed E-state index contributed by atoms with van der Waals surface area (Å²) >= 11 is 0. The molecule has 1 aromatic heterocycles. The quantitative estimate of drug-likeness (QED) is 0.421. The molecule has 0 bridgehead atoms. The third kappa shape index (κ3) is 4.64. The number of hydrogen-bond donors (Lipinski definition) is 2. The minimum absolute atomic E-state index is 0.0518. The lowest BCUT2D eigenvalue weighted by molar-refractivity contribution is 0.599. The van der Waals surface area contributed by atoms with Crippen LogP contribution in [0, 0.1) is 5.82 Å². The average molecular weight is 437 g/mol. The van der Waals surface area contributed by atoms with Crippen LogP contribution >= 0.6 is 0 Å². The summed E-state index contributed by atoms with van der Waals surface area (Å²) < 4.78 is 41.4. The fourth-order valence-electron chi connectivity index (χ4n) is 3.05. The number of anilines is 3. The fraction of sp³-hybridized carbons (Fsp3) is 0.130. The van der Waals surface area contributed by atoms with Crippen molar-refractivity contribution in [3.63, 3.8) is 0 Å². The number of rotatable bonds is 6. The van der Waals surface area contributed by atoms with Crippen molar-refractivity contribution >= 4 is 38.4 Å². The van der Waals surface area contributed by atoms with Gasteiger partial charge >= 0.3 is 0 Å². The van der Waals surface area contributed by atoms with Gasteiger partial charge in [-0.05, 0) is 60.0 Å². The molecule has 4 aromatic rings. The van der Waals surface area contributed by atoms with Crippen LogP contribution in [0.4, 0.5) is 21.7 Å². The van der Waals surface area contributed by atoms with E-state index in [1.165, 1.54) is 17.7 Å². The second kappa shape index (κ2) is 8.31. The van der Waals surface area contributed by atoms with Gasteiger partial charge in [0.2, 0.25) is 0 Å². The van der Waals surface area contributed by atoms with E-state index in [1.54, 1.807) is 18.2 Å². The third-order valence-electron chi connectivity index (χ3n) is 4.77. The molecule has 0 unspecified atom stereocenters. The second-order valence-corrected chi connectivity index (χ2v) is 9.05. The predicted molar refractivity (Wildman–Crippen MR) is 121 cm³/mol. The Balaban J connectivity index is 1.73. The van der Waals surface area contributed by atoms with E-state index in [2.05, 4.69) is 33.9 Å². The molecule has 8 heteroatoms. The number of sulfonamides is 1. The number of nitrogens with zero attached hydrogens (tertiary/aromatic N) is 2. The molecule has 0 saturated carbocycles. The van der Waals surface area contributed by atoms with E-state index in [0.717, 1.165) is 17.8 Å². The monoisotopic (exact) mass is 436 g/mol. The van der Waals surface area contributed by atoms with Gasteiger partial charge in [0.05, 0.1) is 15.9 Å². The van der Waals surface area contributed by atoms with Crippen molar-refractivity contribution < 1.29 is 12.8 Å². The lowest BCUT2D eigenvalue weighted by atomic mass is 10.0. The minimum Gasteiger partial charge on any atom is -0.337 e. The molecule has 1 heterocycles. The maximum atomic E-state index is 13.2. The van der Waals surface area contributed by atoms with E-state index in [0.29, 0.717) is 17.0 Å².